The number of nitrogens with two attached hydrogens (primary N) is 1. The van der Waals surface area contributed by atoms with Crippen LogP contribution in [-0.4, -0.2) is 27.2 Å². The summed E-state index contributed by atoms with van der Waals surface area (Å²) in [5.41, 5.74) is 2.43. The number of rotatable bonds is 6. The molecule has 0 saturated carbocycles. The fourth-order valence-corrected chi connectivity index (χ4v) is 2.87. The Hall–Kier alpha value is -1.69. The molecule has 0 fully saturated rings. The third-order valence-corrected chi connectivity index (χ3v) is 4.63. The lowest BCUT2D eigenvalue weighted by molar-refractivity contribution is 0.318. The molecule has 2 N–H and O–H groups in total. The van der Waals surface area contributed by atoms with Crippen molar-refractivity contribution >= 4 is 11.8 Å². The lowest BCUT2D eigenvalue weighted by Crippen LogP contribution is -2.24. The number of thioether (sulfide) groups is 1. The molecule has 6 heteroatoms. The van der Waals surface area contributed by atoms with Crippen molar-refractivity contribution in [3.8, 4) is 5.75 Å². The molecule has 0 amide bonds. The number of ether oxygens (including phenoxy) is 1. The van der Waals surface area contributed by atoms with Crippen molar-refractivity contribution in [3.63, 3.8) is 0 Å². The van der Waals surface area contributed by atoms with E-state index >= 15 is 0 Å². The predicted molar refractivity (Wildman–Crippen MR) is 95.6 cm³/mol. The molecule has 0 radical (unpaired) electrons. The summed E-state index contributed by atoms with van der Waals surface area (Å²) in [6, 6.07) is 6.18. The van der Waals surface area contributed by atoms with Gasteiger partial charge in [0.2, 0.25) is 5.16 Å². The smallest absolute Gasteiger partial charge is 0.209 e. The molecule has 126 valence electrons. The van der Waals surface area contributed by atoms with Crippen LogP contribution in [0.25, 0.3) is 0 Å². The second-order valence-electron chi connectivity index (χ2n) is 6.72. The molecule has 0 aliphatic carbocycles. The van der Waals surface area contributed by atoms with Crippen LogP contribution in [0.2, 0.25) is 0 Å². The van der Waals surface area contributed by atoms with Gasteiger partial charge in [-0.3, -0.25) is 0 Å². The highest BCUT2D eigenvalue weighted by Crippen LogP contribution is 2.23. The average molecular weight is 334 g/mol. The van der Waals surface area contributed by atoms with Crippen LogP contribution >= 0.6 is 11.8 Å². The van der Waals surface area contributed by atoms with E-state index in [4.69, 9.17) is 10.6 Å². The van der Waals surface area contributed by atoms with Crippen molar-refractivity contribution in [2.45, 2.75) is 51.6 Å². The molecule has 2 aromatic rings. The van der Waals surface area contributed by atoms with E-state index in [0.29, 0.717) is 6.61 Å². The average Bonchev–Trinajstić information content (AvgIpc) is 2.83. The minimum atomic E-state index is -0.104. The number of benzene rings is 1. The fraction of sp³-hybridized carbons (Fsp3) is 0.529. The first-order chi connectivity index (χ1) is 10.8. The van der Waals surface area contributed by atoms with Crippen molar-refractivity contribution in [3.05, 3.63) is 35.2 Å². The zero-order valence-corrected chi connectivity index (χ0v) is 15.4. The van der Waals surface area contributed by atoms with E-state index in [2.05, 4.69) is 56.9 Å². The second kappa shape index (κ2) is 7.25. The summed E-state index contributed by atoms with van der Waals surface area (Å²) in [6.45, 7) is 11.1. The standard InChI is InChI=1S/C17H26N4OS/c1-12-7-8-14(11-13(12)2)22-9-6-10-23-16-20-19-15(21(16)18)17(3,4)5/h7-8,11H,6,9-10,18H2,1-5H3. The number of hydrogen-bond acceptors (Lipinski definition) is 5. The zero-order valence-electron chi connectivity index (χ0n) is 14.6. The van der Waals surface area contributed by atoms with Crippen LogP contribution in [-0.2, 0) is 5.41 Å². The van der Waals surface area contributed by atoms with Gasteiger partial charge in [-0.1, -0.05) is 38.6 Å². The van der Waals surface area contributed by atoms with Gasteiger partial charge in [0.05, 0.1) is 6.61 Å². The summed E-state index contributed by atoms with van der Waals surface area (Å²) < 4.78 is 7.37. The Morgan fingerprint density at radius 1 is 1.17 bits per heavy atom. The first kappa shape index (κ1) is 17.7. The molecular formula is C17H26N4OS. The first-order valence-electron chi connectivity index (χ1n) is 7.83. The SMILES string of the molecule is Cc1ccc(OCCCSc2nnc(C(C)(C)C)n2N)cc1C. The van der Waals surface area contributed by atoms with Gasteiger partial charge in [0.1, 0.15) is 5.75 Å². The highest BCUT2D eigenvalue weighted by Gasteiger charge is 2.22. The van der Waals surface area contributed by atoms with E-state index in [0.717, 1.165) is 28.9 Å². The largest absolute Gasteiger partial charge is 0.494 e. The van der Waals surface area contributed by atoms with E-state index in [1.165, 1.54) is 11.1 Å². The van der Waals surface area contributed by atoms with Crippen molar-refractivity contribution < 1.29 is 4.74 Å². The monoisotopic (exact) mass is 334 g/mol. The van der Waals surface area contributed by atoms with Gasteiger partial charge in [-0.25, -0.2) is 4.68 Å². The van der Waals surface area contributed by atoms with Crippen molar-refractivity contribution in [2.24, 2.45) is 0 Å². The number of hydrogen-bond donors (Lipinski definition) is 1. The van der Waals surface area contributed by atoms with E-state index in [1.54, 1.807) is 16.4 Å². The van der Waals surface area contributed by atoms with E-state index < -0.39 is 0 Å². The molecule has 0 bridgehead atoms. The highest BCUT2D eigenvalue weighted by atomic mass is 32.2. The second-order valence-corrected chi connectivity index (χ2v) is 7.78. The van der Waals surface area contributed by atoms with Gasteiger partial charge in [0.15, 0.2) is 5.82 Å². The van der Waals surface area contributed by atoms with E-state index in [9.17, 15) is 0 Å². The molecule has 0 unspecified atom stereocenters. The molecule has 1 heterocycles. The van der Waals surface area contributed by atoms with E-state index in [1.807, 2.05) is 6.07 Å². The third kappa shape index (κ3) is 4.64. The molecule has 0 aliphatic rings. The molecule has 0 spiro atoms. The van der Waals surface area contributed by atoms with Crippen LogP contribution in [0.15, 0.2) is 23.4 Å². The normalized spacial score (nSPS) is 11.7. The Labute approximate surface area is 142 Å². The Morgan fingerprint density at radius 3 is 2.52 bits per heavy atom. The summed E-state index contributed by atoms with van der Waals surface area (Å²) >= 11 is 1.61. The van der Waals surface area contributed by atoms with Crippen LogP contribution in [0.5, 0.6) is 5.75 Å². The van der Waals surface area contributed by atoms with Crippen molar-refractivity contribution in [1.29, 1.82) is 0 Å². The number of aryl methyl sites for hydroxylation is 2. The molecule has 0 aliphatic heterocycles. The van der Waals surface area contributed by atoms with Crippen LogP contribution in [0.1, 0.15) is 44.1 Å². The first-order valence-corrected chi connectivity index (χ1v) is 8.81. The van der Waals surface area contributed by atoms with Crippen molar-refractivity contribution in [2.75, 3.05) is 18.2 Å². The van der Waals surface area contributed by atoms with Gasteiger partial charge < -0.3 is 10.6 Å². The Bertz CT molecular complexity index is 661. The number of aromatic nitrogens is 3. The molecule has 2 rings (SSSR count). The van der Waals surface area contributed by atoms with Gasteiger partial charge in [0, 0.05) is 11.2 Å². The van der Waals surface area contributed by atoms with Crippen LogP contribution in [0, 0.1) is 13.8 Å². The summed E-state index contributed by atoms with van der Waals surface area (Å²) in [5.74, 6) is 8.68. The lowest BCUT2D eigenvalue weighted by Gasteiger charge is -2.16. The summed E-state index contributed by atoms with van der Waals surface area (Å²) in [4.78, 5) is 0. The minimum absolute atomic E-state index is 0.104. The van der Waals surface area contributed by atoms with Gasteiger partial charge >= 0.3 is 0 Å². The van der Waals surface area contributed by atoms with Crippen LogP contribution in [0.4, 0.5) is 0 Å². The lowest BCUT2D eigenvalue weighted by atomic mass is 9.96. The Morgan fingerprint density at radius 2 is 1.91 bits per heavy atom. The number of nitrogens with zero attached hydrogens (tertiary/aromatic N) is 3. The maximum Gasteiger partial charge on any atom is 0.209 e. The van der Waals surface area contributed by atoms with Crippen LogP contribution < -0.4 is 10.6 Å². The van der Waals surface area contributed by atoms with Gasteiger partial charge in [-0.05, 0) is 43.5 Å². The molecule has 1 aromatic heterocycles. The Kier molecular flexibility index (Phi) is 5.57. The van der Waals surface area contributed by atoms with Gasteiger partial charge in [0.25, 0.3) is 0 Å². The molecular weight excluding hydrogens is 308 g/mol. The molecule has 1 aromatic carbocycles. The maximum atomic E-state index is 6.07. The van der Waals surface area contributed by atoms with Crippen LogP contribution in [0.3, 0.4) is 0 Å². The molecule has 0 saturated heterocycles. The van der Waals surface area contributed by atoms with E-state index in [-0.39, 0.29) is 5.41 Å². The van der Waals surface area contributed by atoms with Gasteiger partial charge in [-0.2, -0.15) is 0 Å². The van der Waals surface area contributed by atoms with Crippen molar-refractivity contribution in [1.82, 2.24) is 14.9 Å². The molecule has 5 nitrogen and oxygen atoms in total. The van der Waals surface area contributed by atoms with Gasteiger partial charge in [-0.15, -0.1) is 10.2 Å². The maximum absolute atomic E-state index is 6.07. The predicted octanol–water partition coefficient (Wildman–Crippen LogP) is 3.47. The summed E-state index contributed by atoms with van der Waals surface area (Å²) in [7, 11) is 0. The summed E-state index contributed by atoms with van der Waals surface area (Å²) in [5, 5.41) is 9.11. The quantitative estimate of drug-likeness (QED) is 0.498. The topological polar surface area (TPSA) is 66.0 Å². The number of nitrogen functional groups attached to an aromatic ring is 1. The minimum Gasteiger partial charge on any atom is -0.494 e. The molecule has 23 heavy (non-hydrogen) atoms. The summed E-state index contributed by atoms with van der Waals surface area (Å²) in [6.07, 6.45) is 0.926. The third-order valence-electron chi connectivity index (χ3n) is 3.60. The zero-order chi connectivity index (χ0) is 17.0. The fourth-order valence-electron chi connectivity index (χ4n) is 2.10. The Balaban J connectivity index is 1.78. The molecule has 0 atom stereocenters. The highest BCUT2D eigenvalue weighted by molar-refractivity contribution is 7.99.